The molecule has 0 bridgehead atoms. The van der Waals surface area contributed by atoms with Gasteiger partial charge in [-0.15, -0.1) is 0 Å². The summed E-state index contributed by atoms with van der Waals surface area (Å²) in [7, 11) is 0. The molecular weight excluding hydrogens is 200 g/mol. The molecule has 2 aliphatic carbocycles. The molecule has 2 fully saturated rings. The molecule has 4 atom stereocenters. The van der Waals surface area contributed by atoms with Crippen molar-refractivity contribution in [1.82, 2.24) is 4.90 Å². The number of nitrogens with zero attached hydrogens (tertiary/aromatic N) is 1. The third kappa shape index (κ3) is 2.27. The molecule has 4 unspecified atom stereocenters. The summed E-state index contributed by atoms with van der Waals surface area (Å²) in [5.41, 5.74) is 5.86. The monoisotopic (exact) mass is 226 g/mol. The topological polar surface area (TPSA) is 49.5 Å². The van der Waals surface area contributed by atoms with Crippen molar-refractivity contribution >= 4 is 0 Å². The second-order valence-electron chi connectivity index (χ2n) is 5.39. The lowest BCUT2D eigenvalue weighted by Gasteiger charge is -2.38. The predicted octanol–water partition coefficient (Wildman–Crippen LogP) is 1.35. The van der Waals surface area contributed by atoms with Crippen LogP contribution >= 0.6 is 0 Å². The van der Waals surface area contributed by atoms with Gasteiger partial charge in [-0.2, -0.15) is 0 Å². The van der Waals surface area contributed by atoms with Crippen LogP contribution in [0.25, 0.3) is 0 Å². The van der Waals surface area contributed by atoms with Gasteiger partial charge in [-0.1, -0.05) is 13.3 Å². The fourth-order valence-electron chi connectivity index (χ4n) is 3.75. The molecule has 2 saturated carbocycles. The number of aliphatic hydroxyl groups is 1. The number of likely N-dealkylation sites (N-methyl/N-ethyl adjacent to an activating group) is 1. The number of hydrogen-bond acceptors (Lipinski definition) is 3. The summed E-state index contributed by atoms with van der Waals surface area (Å²) in [6.45, 7) is 4.09. The molecule has 0 spiro atoms. The normalized spacial score (nSPS) is 39.8. The van der Waals surface area contributed by atoms with Crippen LogP contribution in [0.3, 0.4) is 0 Å². The average Bonchev–Trinajstić information content (AvgIpc) is 2.90. The highest BCUT2D eigenvalue weighted by atomic mass is 16.3. The molecule has 0 aromatic carbocycles. The van der Waals surface area contributed by atoms with Crippen LogP contribution in [-0.4, -0.2) is 41.3 Å². The molecule has 0 radical (unpaired) electrons. The Labute approximate surface area is 99.0 Å². The largest absolute Gasteiger partial charge is 0.391 e. The van der Waals surface area contributed by atoms with E-state index >= 15 is 0 Å². The van der Waals surface area contributed by atoms with Crippen molar-refractivity contribution in [3.63, 3.8) is 0 Å². The number of rotatable bonds is 4. The fourth-order valence-corrected chi connectivity index (χ4v) is 3.75. The van der Waals surface area contributed by atoms with Gasteiger partial charge < -0.3 is 10.8 Å². The Morgan fingerprint density at radius 2 is 1.81 bits per heavy atom. The Morgan fingerprint density at radius 3 is 2.38 bits per heavy atom. The Balaban J connectivity index is 2.03. The van der Waals surface area contributed by atoms with Gasteiger partial charge in [-0.25, -0.2) is 0 Å². The maximum Gasteiger partial charge on any atom is 0.0695 e. The van der Waals surface area contributed by atoms with Gasteiger partial charge in [0.25, 0.3) is 0 Å². The Hall–Kier alpha value is -0.120. The van der Waals surface area contributed by atoms with E-state index in [0.717, 1.165) is 19.5 Å². The minimum atomic E-state index is -0.0982. The Kier molecular flexibility index (Phi) is 4.22. The van der Waals surface area contributed by atoms with Crippen molar-refractivity contribution in [1.29, 1.82) is 0 Å². The smallest absolute Gasteiger partial charge is 0.0695 e. The zero-order valence-electron chi connectivity index (χ0n) is 10.4. The van der Waals surface area contributed by atoms with Gasteiger partial charge in [0, 0.05) is 12.1 Å². The van der Waals surface area contributed by atoms with Gasteiger partial charge in [-0.05, 0) is 51.1 Å². The predicted molar refractivity (Wildman–Crippen MR) is 66.2 cm³/mol. The lowest BCUT2D eigenvalue weighted by atomic mass is 9.99. The minimum Gasteiger partial charge on any atom is -0.391 e. The van der Waals surface area contributed by atoms with E-state index in [1.807, 2.05) is 0 Å². The SMILES string of the molecule is CCN(C1CCCC1O)C1CCCC1CN. The van der Waals surface area contributed by atoms with E-state index in [2.05, 4.69) is 11.8 Å². The Bertz CT molecular complexity index is 222. The fraction of sp³-hybridized carbons (Fsp3) is 1.00. The summed E-state index contributed by atoms with van der Waals surface area (Å²) in [5.74, 6) is 0.660. The minimum absolute atomic E-state index is 0.0982. The average molecular weight is 226 g/mol. The molecule has 0 amide bonds. The number of hydrogen-bond donors (Lipinski definition) is 2. The first-order valence-corrected chi connectivity index (χ1v) is 6.91. The zero-order chi connectivity index (χ0) is 11.5. The van der Waals surface area contributed by atoms with Gasteiger partial charge in [0.05, 0.1) is 6.10 Å². The van der Waals surface area contributed by atoms with E-state index in [1.165, 1.54) is 32.1 Å². The molecule has 0 aliphatic heterocycles. The molecule has 0 saturated heterocycles. The van der Waals surface area contributed by atoms with Gasteiger partial charge in [0.2, 0.25) is 0 Å². The van der Waals surface area contributed by atoms with Crippen molar-refractivity contribution < 1.29 is 5.11 Å². The molecule has 94 valence electrons. The summed E-state index contributed by atoms with van der Waals surface area (Å²) in [4.78, 5) is 2.54. The molecule has 0 aromatic heterocycles. The molecule has 3 N–H and O–H groups in total. The zero-order valence-corrected chi connectivity index (χ0v) is 10.4. The van der Waals surface area contributed by atoms with Gasteiger partial charge in [-0.3, -0.25) is 4.90 Å². The summed E-state index contributed by atoms with van der Waals surface area (Å²) >= 11 is 0. The van der Waals surface area contributed by atoms with E-state index in [1.54, 1.807) is 0 Å². The molecule has 3 nitrogen and oxygen atoms in total. The van der Waals surface area contributed by atoms with Crippen LogP contribution in [0.15, 0.2) is 0 Å². The van der Waals surface area contributed by atoms with E-state index < -0.39 is 0 Å². The first-order valence-electron chi connectivity index (χ1n) is 6.91. The standard InChI is InChI=1S/C13H26N2O/c1-2-15(12-7-4-8-13(12)16)11-6-3-5-10(11)9-14/h10-13,16H,2-9,14H2,1H3. The molecule has 2 aliphatic rings. The molecule has 16 heavy (non-hydrogen) atoms. The van der Waals surface area contributed by atoms with Crippen molar-refractivity contribution in [2.45, 2.75) is 63.6 Å². The van der Waals surface area contributed by atoms with Crippen LogP contribution in [0.2, 0.25) is 0 Å². The third-order valence-electron chi connectivity index (χ3n) is 4.58. The quantitative estimate of drug-likeness (QED) is 0.761. The van der Waals surface area contributed by atoms with Crippen LogP contribution in [0, 0.1) is 5.92 Å². The molecule has 0 aromatic rings. The lowest BCUT2D eigenvalue weighted by molar-refractivity contribution is 0.0356. The molecule has 3 heteroatoms. The van der Waals surface area contributed by atoms with Crippen molar-refractivity contribution in [2.75, 3.05) is 13.1 Å². The maximum atomic E-state index is 10.0. The van der Waals surface area contributed by atoms with Crippen LogP contribution < -0.4 is 5.73 Å². The molecule has 0 heterocycles. The second-order valence-corrected chi connectivity index (χ2v) is 5.39. The number of aliphatic hydroxyl groups excluding tert-OH is 1. The number of nitrogens with two attached hydrogens (primary N) is 1. The van der Waals surface area contributed by atoms with Crippen LogP contribution in [0.1, 0.15) is 45.4 Å². The van der Waals surface area contributed by atoms with Crippen LogP contribution in [-0.2, 0) is 0 Å². The summed E-state index contributed by atoms with van der Waals surface area (Å²) in [6.07, 6.45) is 7.11. The second kappa shape index (κ2) is 5.48. The van der Waals surface area contributed by atoms with Crippen molar-refractivity contribution in [3.05, 3.63) is 0 Å². The summed E-state index contributed by atoms with van der Waals surface area (Å²) in [6, 6.07) is 1.04. The van der Waals surface area contributed by atoms with E-state index in [4.69, 9.17) is 5.73 Å². The summed E-state index contributed by atoms with van der Waals surface area (Å²) in [5, 5.41) is 10.0. The van der Waals surface area contributed by atoms with Gasteiger partial charge >= 0.3 is 0 Å². The molecule has 2 rings (SSSR count). The van der Waals surface area contributed by atoms with Crippen LogP contribution in [0.4, 0.5) is 0 Å². The van der Waals surface area contributed by atoms with Crippen molar-refractivity contribution in [3.8, 4) is 0 Å². The molecular formula is C13H26N2O. The van der Waals surface area contributed by atoms with E-state index in [0.29, 0.717) is 18.0 Å². The van der Waals surface area contributed by atoms with Crippen LogP contribution in [0.5, 0.6) is 0 Å². The summed E-state index contributed by atoms with van der Waals surface area (Å²) < 4.78 is 0. The lowest BCUT2D eigenvalue weighted by Crippen LogP contribution is -2.49. The van der Waals surface area contributed by atoms with Gasteiger partial charge in [0.15, 0.2) is 0 Å². The first-order chi connectivity index (χ1) is 7.77. The highest BCUT2D eigenvalue weighted by Crippen LogP contribution is 2.34. The first kappa shape index (κ1) is 12.3. The third-order valence-corrected chi connectivity index (χ3v) is 4.58. The van der Waals surface area contributed by atoms with Crippen molar-refractivity contribution in [2.24, 2.45) is 11.7 Å². The highest BCUT2D eigenvalue weighted by Gasteiger charge is 2.38. The maximum absolute atomic E-state index is 10.0. The van der Waals surface area contributed by atoms with E-state index in [-0.39, 0.29) is 6.10 Å². The highest BCUT2D eigenvalue weighted by molar-refractivity contribution is 4.93. The van der Waals surface area contributed by atoms with E-state index in [9.17, 15) is 5.11 Å². The van der Waals surface area contributed by atoms with Gasteiger partial charge in [0.1, 0.15) is 0 Å². The Morgan fingerprint density at radius 1 is 1.12 bits per heavy atom.